The highest BCUT2D eigenvalue weighted by Crippen LogP contribution is 2.35. The van der Waals surface area contributed by atoms with E-state index >= 15 is 0 Å². The Labute approximate surface area is 93.2 Å². The fourth-order valence-electron chi connectivity index (χ4n) is 1.18. The van der Waals surface area contributed by atoms with Crippen molar-refractivity contribution in [2.75, 3.05) is 6.61 Å². The van der Waals surface area contributed by atoms with Crippen LogP contribution in [0.1, 0.15) is 25.8 Å². The van der Waals surface area contributed by atoms with E-state index in [4.69, 9.17) is 4.74 Å². The fourth-order valence-corrected chi connectivity index (χ4v) is 1.18. The number of halogens is 3. The van der Waals surface area contributed by atoms with Gasteiger partial charge < -0.3 is 4.74 Å². The van der Waals surface area contributed by atoms with E-state index in [-0.39, 0.29) is 11.7 Å². The zero-order valence-electron chi connectivity index (χ0n) is 9.34. The molecule has 0 radical (unpaired) electrons. The van der Waals surface area contributed by atoms with Crippen LogP contribution in [0.2, 0.25) is 0 Å². The smallest absolute Gasteiger partial charge is 0.419 e. The number of para-hydroxylation sites is 1. The van der Waals surface area contributed by atoms with Gasteiger partial charge in [0.05, 0.1) is 12.2 Å². The van der Waals surface area contributed by atoms with Crippen molar-refractivity contribution in [1.29, 1.82) is 0 Å². The molecule has 0 spiro atoms. The molecule has 0 aromatic heterocycles. The molecule has 0 aliphatic carbocycles. The second-order valence-electron chi connectivity index (χ2n) is 3.82. The lowest BCUT2D eigenvalue weighted by Crippen LogP contribution is -2.12. The van der Waals surface area contributed by atoms with Crippen molar-refractivity contribution in [1.82, 2.24) is 0 Å². The monoisotopic (exact) mass is 232 g/mol. The summed E-state index contributed by atoms with van der Waals surface area (Å²) in [6.07, 6.45) is -3.47. The predicted molar refractivity (Wildman–Crippen MR) is 56.4 cm³/mol. The maximum atomic E-state index is 12.6. The molecule has 0 fully saturated rings. The zero-order valence-corrected chi connectivity index (χ0v) is 9.34. The van der Waals surface area contributed by atoms with Crippen LogP contribution < -0.4 is 4.74 Å². The molecule has 90 valence electrons. The predicted octanol–water partition coefficient (Wildman–Crippen LogP) is 4.13. The third-order valence-electron chi connectivity index (χ3n) is 2.41. The minimum atomic E-state index is -4.36. The van der Waals surface area contributed by atoms with E-state index in [1.54, 1.807) is 6.07 Å². The highest BCUT2D eigenvalue weighted by molar-refractivity contribution is 5.35. The molecule has 1 atom stereocenters. The Kier molecular flexibility index (Phi) is 4.21. The van der Waals surface area contributed by atoms with Gasteiger partial charge in [-0.25, -0.2) is 0 Å². The Bertz CT molecular complexity index is 333. The van der Waals surface area contributed by atoms with Crippen LogP contribution in [0.25, 0.3) is 0 Å². The van der Waals surface area contributed by atoms with Crippen LogP contribution in [0.4, 0.5) is 13.2 Å². The molecule has 1 nitrogen and oxygen atoms in total. The Hall–Kier alpha value is -1.19. The average Bonchev–Trinajstić information content (AvgIpc) is 2.25. The summed E-state index contributed by atoms with van der Waals surface area (Å²) in [6, 6.07) is 5.29. The van der Waals surface area contributed by atoms with Gasteiger partial charge in [0.25, 0.3) is 0 Å². The van der Waals surface area contributed by atoms with E-state index < -0.39 is 11.7 Å². The van der Waals surface area contributed by atoms with Gasteiger partial charge in [0.1, 0.15) is 5.75 Å². The van der Waals surface area contributed by atoms with E-state index in [2.05, 4.69) is 0 Å². The lowest BCUT2D eigenvalue weighted by molar-refractivity contribution is -0.139. The fraction of sp³-hybridized carbons (Fsp3) is 0.500. The van der Waals surface area contributed by atoms with E-state index in [1.165, 1.54) is 12.1 Å². The molecule has 1 unspecified atom stereocenters. The van der Waals surface area contributed by atoms with Crippen LogP contribution in [-0.4, -0.2) is 6.61 Å². The first-order chi connectivity index (χ1) is 7.45. The number of hydrogen-bond acceptors (Lipinski definition) is 1. The normalized spacial score (nSPS) is 13.6. The van der Waals surface area contributed by atoms with Gasteiger partial charge in [0.15, 0.2) is 0 Å². The molecule has 0 aliphatic rings. The van der Waals surface area contributed by atoms with E-state index in [0.717, 1.165) is 12.5 Å². The Morgan fingerprint density at radius 2 is 1.88 bits per heavy atom. The Balaban J connectivity index is 2.80. The lowest BCUT2D eigenvalue weighted by atomic mass is 10.1. The third-order valence-corrected chi connectivity index (χ3v) is 2.41. The molecule has 0 amide bonds. The summed E-state index contributed by atoms with van der Waals surface area (Å²) in [5.41, 5.74) is -0.710. The van der Waals surface area contributed by atoms with Crippen LogP contribution in [-0.2, 0) is 6.18 Å². The van der Waals surface area contributed by atoms with E-state index in [0.29, 0.717) is 6.61 Å². The topological polar surface area (TPSA) is 9.23 Å². The first kappa shape index (κ1) is 12.9. The van der Waals surface area contributed by atoms with Crippen LogP contribution in [0.5, 0.6) is 5.75 Å². The molecule has 4 heteroatoms. The SMILES string of the molecule is CCC(C)COc1ccccc1C(F)(F)F. The summed E-state index contributed by atoms with van der Waals surface area (Å²) in [6.45, 7) is 4.23. The molecule has 16 heavy (non-hydrogen) atoms. The maximum absolute atomic E-state index is 12.6. The zero-order chi connectivity index (χ0) is 12.2. The molecule has 0 heterocycles. The van der Waals surface area contributed by atoms with Gasteiger partial charge in [-0.05, 0) is 18.1 Å². The van der Waals surface area contributed by atoms with Crippen molar-refractivity contribution in [2.45, 2.75) is 26.4 Å². The van der Waals surface area contributed by atoms with Crippen LogP contribution >= 0.6 is 0 Å². The third kappa shape index (κ3) is 3.43. The molecule has 0 saturated heterocycles. The van der Waals surface area contributed by atoms with Crippen molar-refractivity contribution in [3.8, 4) is 5.75 Å². The van der Waals surface area contributed by atoms with Crippen molar-refractivity contribution >= 4 is 0 Å². The molecule has 0 aliphatic heterocycles. The highest BCUT2D eigenvalue weighted by atomic mass is 19.4. The first-order valence-corrected chi connectivity index (χ1v) is 5.24. The van der Waals surface area contributed by atoms with Gasteiger partial charge >= 0.3 is 6.18 Å². The maximum Gasteiger partial charge on any atom is 0.419 e. The molecule has 1 rings (SSSR count). The largest absolute Gasteiger partial charge is 0.493 e. The van der Waals surface area contributed by atoms with E-state index in [9.17, 15) is 13.2 Å². The molecule has 1 aromatic carbocycles. The summed E-state index contributed by atoms with van der Waals surface area (Å²) in [5, 5.41) is 0. The summed E-state index contributed by atoms with van der Waals surface area (Å²) in [4.78, 5) is 0. The van der Waals surface area contributed by atoms with Crippen molar-refractivity contribution in [3.05, 3.63) is 29.8 Å². The standard InChI is InChI=1S/C12H15F3O/c1-3-9(2)8-16-11-7-5-4-6-10(11)12(13,14)15/h4-7,9H,3,8H2,1-2H3. The number of rotatable bonds is 4. The molecular weight excluding hydrogens is 217 g/mol. The van der Waals surface area contributed by atoms with E-state index in [1.807, 2.05) is 13.8 Å². The molecule has 0 N–H and O–H groups in total. The van der Waals surface area contributed by atoms with Crippen molar-refractivity contribution < 1.29 is 17.9 Å². The van der Waals surface area contributed by atoms with Crippen molar-refractivity contribution in [2.24, 2.45) is 5.92 Å². The summed E-state index contributed by atoms with van der Waals surface area (Å²) in [7, 11) is 0. The summed E-state index contributed by atoms with van der Waals surface area (Å²) >= 11 is 0. The molecule has 0 saturated carbocycles. The molecule has 1 aromatic rings. The quantitative estimate of drug-likeness (QED) is 0.758. The highest BCUT2D eigenvalue weighted by Gasteiger charge is 2.33. The van der Waals surface area contributed by atoms with Gasteiger partial charge in [0, 0.05) is 0 Å². The molecule has 0 bridgehead atoms. The summed E-state index contributed by atoms with van der Waals surface area (Å²) in [5.74, 6) is 0.164. The van der Waals surface area contributed by atoms with Gasteiger partial charge in [0.2, 0.25) is 0 Å². The summed E-state index contributed by atoms with van der Waals surface area (Å²) < 4.78 is 42.9. The minimum absolute atomic E-state index is 0.0877. The van der Waals surface area contributed by atoms with Crippen LogP contribution in [0.3, 0.4) is 0 Å². The van der Waals surface area contributed by atoms with Gasteiger partial charge in [-0.1, -0.05) is 32.4 Å². The lowest BCUT2D eigenvalue weighted by Gasteiger charge is -2.15. The molecular formula is C12H15F3O. The second kappa shape index (κ2) is 5.23. The number of alkyl halides is 3. The number of ether oxygens (including phenoxy) is 1. The first-order valence-electron chi connectivity index (χ1n) is 5.24. The van der Waals surface area contributed by atoms with Crippen molar-refractivity contribution in [3.63, 3.8) is 0 Å². The van der Waals surface area contributed by atoms with Gasteiger partial charge in [-0.15, -0.1) is 0 Å². The van der Waals surface area contributed by atoms with Crippen LogP contribution in [0.15, 0.2) is 24.3 Å². The van der Waals surface area contributed by atoms with Gasteiger partial charge in [-0.3, -0.25) is 0 Å². The number of hydrogen-bond donors (Lipinski definition) is 0. The Morgan fingerprint density at radius 3 is 2.44 bits per heavy atom. The second-order valence-corrected chi connectivity index (χ2v) is 3.82. The number of benzene rings is 1. The average molecular weight is 232 g/mol. The van der Waals surface area contributed by atoms with Crippen LogP contribution in [0, 0.1) is 5.92 Å². The van der Waals surface area contributed by atoms with Gasteiger partial charge in [-0.2, -0.15) is 13.2 Å². The Morgan fingerprint density at radius 1 is 1.25 bits per heavy atom. The minimum Gasteiger partial charge on any atom is -0.493 e.